The Morgan fingerprint density at radius 1 is 1.21 bits per heavy atom. The SMILES string of the molecule is Cc1ccc(CNC(=O)N2CCN(C=O)CC2)cc1. The Morgan fingerprint density at radius 3 is 2.42 bits per heavy atom. The molecule has 2 rings (SSSR count). The molecule has 0 aromatic heterocycles. The lowest BCUT2D eigenvalue weighted by Gasteiger charge is -2.32. The van der Waals surface area contributed by atoms with E-state index >= 15 is 0 Å². The van der Waals surface area contributed by atoms with Crippen molar-refractivity contribution in [3.8, 4) is 0 Å². The highest BCUT2D eigenvalue weighted by atomic mass is 16.2. The Hall–Kier alpha value is -2.04. The maximum atomic E-state index is 11.9. The molecule has 1 aliphatic heterocycles. The van der Waals surface area contributed by atoms with Gasteiger partial charge in [-0.25, -0.2) is 4.79 Å². The second-order valence-corrected chi connectivity index (χ2v) is 4.77. The number of piperazine rings is 1. The molecule has 0 atom stereocenters. The van der Waals surface area contributed by atoms with Gasteiger partial charge in [0.15, 0.2) is 0 Å². The van der Waals surface area contributed by atoms with Crippen molar-refractivity contribution in [2.75, 3.05) is 26.2 Å². The number of aryl methyl sites for hydroxylation is 1. The third-order valence-corrected chi connectivity index (χ3v) is 3.31. The molecule has 1 saturated heterocycles. The molecule has 1 aliphatic rings. The predicted octanol–water partition coefficient (Wildman–Crippen LogP) is 0.979. The van der Waals surface area contributed by atoms with Gasteiger partial charge < -0.3 is 15.1 Å². The first kappa shape index (κ1) is 13.4. The molecule has 1 N–H and O–H groups in total. The Balaban J connectivity index is 1.78. The molecule has 0 radical (unpaired) electrons. The molecule has 1 aromatic rings. The van der Waals surface area contributed by atoms with Crippen molar-refractivity contribution in [2.45, 2.75) is 13.5 Å². The van der Waals surface area contributed by atoms with Gasteiger partial charge in [-0.3, -0.25) is 4.79 Å². The van der Waals surface area contributed by atoms with E-state index in [1.54, 1.807) is 9.80 Å². The van der Waals surface area contributed by atoms with Gasteiger partial charge in [-0.2, -0.15) is 0 Å². The van der Waals surface area contributed by atoms with Crippen LogP contribution in [-0.4, -0.2) is 48.4 Å². The molecule has 1 fully saturated rings. The largest absolute Gasteiger partial charge is 0.342 e. The summed E-state index contributed by atoms with van der Waals surface area (Å²) in [6.45, 7) is 4.99. The standard InChI is InChI=1S/C14H19N3O2/c1-12-2-4-13(5-3-12)10-15-14(19)17-8-6-16(11-18)7-9-17/h2-5,11H,6-10H2,1H3,(H,15,19). The lowest BCUT2D eigenvalue weighted by Crippen LogP contribution is -2.51. The number of carbonyl (C=O) groups excluding carboxylic acids is 2. The van der Waals surface area contributed by atoms with E-state index < -0.39 is 0 Å². The van der Waals surface area contributed by atoms with E-state index in [4.69, 9.17) is 0 Å². The van der Waals surface area contributed by atoms with E-state index in [0.29, 0.717) is 32.7 Å². The van der Waals surface area contributed by atoms with E-state index in [-0.39, 0.29) is 6.03 Å². The highest BCUT2D eigenvalue weighted by Crippen LogP contribution is 2.04. The van der Waals surface area contributed by atoms with Gasteiger partial charge in [0.1, 0.15) is 0 Å². The number of hydrogen-bond acceptors (Lipinski definition) is 2. The average molecular weight is 261 g/mol. The van der Waals surface area contributed by atoms with Crippen LogP contribution in [0.5, 0.6) is 0 Å². The van der Waals surface area contributed by atoms with Crippen molar-refractivity contribution in [1.82, 2.24) is 15.1 Å². The normalized spacial score (nSPS) is 15.2. The maximum absolute atomic E-state index is 11.9. The van der Waals surface area contributed by atoms with E-state index in [9.17, 15) is 9.59 Å². The molecule has 5 nitrogen and oxygen atoms in total. The molecule has 0 aliphatic carbocycles. The fourth-order valence-electron chi connectivity index (χ4n) is 2.03. The number of hydrogen-bond donors (Lipinski definition) is 1. The number of benzene rings is 1. The number of rotatable bonds is 3. The molecule has 19 heavy (non-hydrogen) atoms. The van der Waals surface area contributed by atoms with Crippen molar-refractivity contribution < 1.29 is 9.59 Å². The number of nitrogens with one attached hydrogen (secondary N) is 1. The second-order valence-electron chi connectivity index (χ2n) is 4.77. The first-order chi connectivity index (χ1) is 9.19. The van der Waals surface area contributed by atoms with Crippen LogP contribution in [0, 0.1) is 6.92 Å². The first-order valence-electron chi connectivity index (χ1n) is 6.47. The number of amides is 3. The van der Waals surface area contributed by atoms with Gasteiger partial charge in [-0.15, -0.1) is 0 Å². The molecular formula is C14H19N3O2. The summed E-state index contributed by atoms with van der Waals surface area (Å²) in [5, 5.41) is 2.90. The van der Waals surface area contributed by atoms with Gasteiger partial charge >= 0.3 is 6.03 Å². The Kier molecular flexibility index (Phi) is 4.39. The van der Waals surface area contributed by atoms with Crippen LogP contribution in [0.3, 0.4) is 0 Å². The zero-order chi connectivity index (χ0) is 13.7. The molecule has 5 heteroatoms. The van der Waals surface area contributed by atoms with Crippen molar-refractivity contribution in [3.05, 3.63) is 35.4 Å². The van der Waals surface area contributed by atoms with Gasteiger partial charge in [-0.1, -0.05) is 29.8 Å². The summed E-state index contributed by atoms with van der Waals surface area (Å²) >= 11 is 0. The Morgan fingerprint density at radius 2 is 1.84 bits per heavy atom. The minimum atomic E-state index is -0.0638. The topological polar surface area (TPSA) is 52.7 Å². The number of urea groups is 1. The highest BCUT2D eigenvalue weighted by molar-refractivity contribution is 5.74. The number of carbonyl (C=O) groups is 2. The summed E-state index contributed by atoms with van der Waals surface area (Å²) in [5.41, 5.74) is 2.30. The van der Waals surface area contributed by atoms with E-state index in [2.05, 4.69) is 5.32 Å². The van der Waals surface area contributed by atoms with Gasteiger partial charge in [0.25, 0.3) is 0 Å². The van der Waals surface area contributed by atoms with Crippen molar-refractivity contribution in [3.63, 3.8) is 0 Å². The maximum Gasteiger partial charge on any atom is 0.317 e. The molecule has 1 heterocycles. The van der Waals surface area contributed by atoms with Gasteiger partial charge in [0.05, 0.1) is 0 Å². The summed E-state index contributed by atoms with van der Waals surface area (Å²) in [6.07, 6.45) is 0.835. The zero-order valence-corrected chi connectivity index (χ0v) is 11.1. The zero-order valence-electron chi connectivity index (χ0n) is 11.1. The lowest BCUT2D eigenvalue weighted by atomic mass is 10.1. The van der Waals surface area contributed by atoms with E-state index in [0.717, 1.165) is 12.0 Å². The van der Waals surface area contributed by atoms with E-state index in [1.165, 1.54) is 5.56 Å². The van der Waals surface area contributed by atoms with E-state index in [1.807, 2.05) is 31.2 Å². The third kappa shape index (κ3) is 3.71. The first-order valence-corrected chi connectivity index (χ1v) is 6.47. The summed E-state index contributed by atoms with van der Waals surface area (Å²) in [6, 6.07) is 8.03. The molecule has 3 amide bonds. The molecular weight excluding hydrogens is 242 g/mol. The second kappa shape index (κ2) is 6.22. The molecule has 0 bridgehead atoms. The van der Waals surface area contributed by atoms with Crippen molar-refractivity contribution in [1.29, 1.82) is 0 Å². The minimum Gasteiger partial charge on any atom is -0.342 e. The summed E-state index contributed by atoms with van der Waals surface area (Å²) < 4.78 is 0. The Labute approximate surface area is 113 Å². The smallest absolute Gasteiger partial charge is 0.317 e. The minimum absolute atomic E-state index is 0.0638. The van der Waals surface area contributed by atoms with Crippen LogP contribution in [0.15, 0.2) is 24.3 Å². The highest BCUT2D eigenvalue weighted by Gasteiger charge is 2.19. The summed E-state index contributed by atoms with van der Waals surface area (Å²) in [7, 11) is 0. The fraction of sp³-hybridized carbons (Fsp3) is 0.429. The molecule has 0 unspecified atom stereocenters. The van der Waals surface area contributed by atoms with Crippen LogP contribution in [0.2, 0.25) is 0 Å². The summed E-state index contributed by atoms with van der Waals surface area (Å²) in [4.78, 5) is 26.0. The van der Waals surface area contributed by atoms with Crippen LogP contribution in [-0.2, 0) is 11.3 Å². The van der Waals surface area contributed by atoms with Gasteiger partial charge in [0, 0.05) is 32.7 Å². The molecule has 1 aromatic carbocycles. The predicted molar refractivity (Wildman–Crippen MR) is 72.6 cm³/mol. The van der Waals surface area contributed by atoms with Crippen LogP contribution < -0.4 is 5.32 Å². The van der Waals surface area contributed by atoms with Crippen molar-refractivity contribution in [2.24, 2.45) is 0 Å². The van der Waals surface area contributed by atoms with Crippen LogP contribution in [0.4, 0.5) is 4.79 Å². The lowest BCUT2D eigenvalue weighted by molar-refractivity contribution is -0.119. The average Bonchev–Trinajstić information content (AvgIpc) is 2.46. The quantitative estimate of drug-likeness (QED) is 0.825. The Bertz CT molecular complexity index is 437. The van der Waals surface area contributed by atoms with Crippen LogP contribution in [0.25, 0.3) is 0 Å². The van der Waals surface area contributed by atoms with Crippen LogP contribution >= 0.6 is 0 Å². The van der Waals surface area contributed by atoms with Crippen molar-refractivity contribution >= 4 is 12.4 Å². The van der Waals surface area contributed by atoms with Gasteiger partial charge in [0.2, 0.25) is 6.41 Å². The summed E-state index contributed by atoms with van der Waals surface area (Å²) in [5.74, 6) is 0. The van der Waals surface area contributed by atoms with Gasteiger partial charge in [-0.05, 0) is 12.5 Å². The third-order valence-electron chi connectivity index (χ3n) is 3.31. The molecule has 0 saturated carbocycles. The van der Waals surface area contributed by atoms with Crippen LogP contribution in [0.1, 0.15) is 11.1 Å². The molecule has 102 valence electrons. The molecule has 0 spiro atoms. The fourth-order valence-corrected chi connectivity index (χ4v) is 2.03. The monoisotopic (exact) mass is 261 g/mol. The number of nitrogens with zero attached hydrogens (tertiary/aromatic N) is 2.